The molecule has 0 amide bonds. The van der Waals surface area contributed by atoms with Crippen molar-refractivity contribution in [3.8, 4) is 0 Å². The van der Waals surface area contributed by atoms with Gasteiger partial charge in [0.2, 0.25) is 10.0 Å². The predicted molar refractivity (Wildman–Crippen MR) is 79.1 cm³/mol. The van der Waals surface area contributed by atoms with Gasteiger partial charge in [-0.25, -0.2) is 13.1 Å². The molecule has 0 radical (unpaired) electrons. The minimum atomic E-state index is -3.72. The Morgan fingerprint density at radius 2 is 2.14 bits per heavy atom. The number of hydrogen-bond donors (Lipinski definition) is 2. The number of rotatable bonds is 6. The third kappa shape index (κ3) is 3.44. The third-order valence-electron chi connectivity index (χ3n) is 2.82. The van der Waals surface area contributed by atoms with Gasteiger partial charge in [0.25, 0.3) is 0 Å². The summed E-state index contributed by atoms with van der Waals surface area (Å²) >= 11 is 5.98. The van der Waals surface area contributed by atoms with Crippen molar-refractivity contribution in [2.45, 2.75) is 11.4 Å². The molecular formula is C13H13ClN2O4S. The summed E-state index contributed by atoms with van der Waals surface area (Å²) in [5.41, 5.74) is 0.626. The van der Waals surface area contributed by atoms with Crippen LogP contribution in [0.3, 0.4) is 0 Å². The van der Waals surface area contributed by atoms with E-state index in [1.807, 2.05) is 0 Å². The number of sulfonamides is 1. The molecule has 0 aliphatic heterocycles. The van der Waals surface area contributed by atoms with Crippen LogP contribution >= 0.6 is 11.6 Å². The average molecular weight is 329 g/mol. The number of halogens is 1. The Bertz CT molecular complexity index is 742. The van der Waals surface area contributed by atoms with E-state index in [0.717, 1.165) is 0 Å². The highest BCUT2D eigenvalue weighted by Gasteiger charge is 2.18. The smallest absolute Gasteiger partial charge is 0.241 e. The molecule has 0 spiro atoms. The highest BCUT2D eigenvalue weighted by Crippen LogP contribution is 2.28. The van der Waals surface area contributed by atoms with Gasteiger partial charge in [-0.15, -0.1) is 0 Å². The first-order valence-electron chi connectivity index (χ1n) is 5.96. The van der Waals surface area contributed by atoms with Crippen molar-refractivity contribution in [2.75, 3.05) is 12.4 Å². The molecule has 2 aromatic rings. The molecule has 8 heteroatoms. The van der Waals surface area contributed by atoms with Crippen LogP contribution in [0.15, 0.2) is 39.8 Å². The van der Waals surface area contributed by atoms with Gasteiger partial charge in [-0.3, -0.25) is 4.79 Å². The van der Waals surface area contributed by atoms with Gasteiger partial charge < -0.3 is 9.73 Å². The second-order valence-corrected chi connectivity index (χ2v) is 6.39. The van der Waals surface area contributed by atoms with E-state index in [1.54, 1.807) is 12.1 Å². The number of nitrogens with one attached hydrogen (secondary N) is 2. The molecule has 2 N–H and O–H groups in total. The summed E-state index contributed by atoms with van der Waals surface area (Å²) in [6, 6.07) is 6.15. The van der Waals surface area contributed by atoms with E-state index < -0.39 is 10.0 Å². The number of carbonyl (C=O) groups is 1. The number of carbonyl (C=O) groups excluding carboxylic acids is 1. The summed E-state index contributed by atoms with van der Waals surface area (Å²) in [6.45, 7) is 0.349. The van der Waals surface area contributed by atoms with Gasteiger partial charge in [0, 0.05) is 11.3 Å². The molecule has 0 fully saturated rings. The number of aldehydes is 1. The van der Waals surface area contributed by atoms with E-state index in [9.17, 15) is 13.2 Å². The van der Waals surface area contributed by atoms with Crippen molar-refractivity contribution in [3.63, 3.8) is 0 Å². The first-order valence-corrected chi connectivity index (χ1v) is 7.82. The van der Waals surface area contributed by atoms with Crippen molar-refractivity contribution < 1.29 is 17.6 Å². The molecule has 0 bridgehead atoms. The number of hydrogen-bond acceptors (Lipinski definition) is 5. The standard InChI is InChI=1S/C13H13ClN2O4S/c1-15-21(18,19)13-5-9(8-17)12(6-11(13)14)16-7-10-3-2-4-20-10/h2-6,8,15-16H,7H2,1H3. The number of benzene rings is 1. The quantitative estimate of drug-likeness (QED) is 0.794. The zero-order valence-electron chi connectivity index (χ0n) is 11.1. The summed E-state index contributed by atoms with van der Waals surface area (Å²) < 4.78 is 30.9. The molecule has 1 aromatic heterocycles. The van der Waals surface area contributed by atoms with Crippen molar-refractivity contribution in [1.29, 1.82) is 0 Å². The van der Waals surface area contributed by atoms with E-state index >= 15 is 0 Å². The van der Waals surface area contributed by atoms with Gasteiger partial charge in [0.15, 0.2) is 6.29 Å². The van der Waals surface area contributed by atoms with E-state index in [4.69, 9.17) is 16.0 Å². The highest BCUT2D eigenvalue weighted by atomic mass is 35.5. The Morgan fingerprint density at radius 1 is 1.38 bits per heavy atom. The maximum Gasteiger partial charge on any atom is 0.241 e. The van der Waals surface area contributed by atoms with Gasteiger partial charge >= 0.3 is 0 Å². The molecule has 2 rings (SSSR count). The fraction of sp³-hybridized carbons (Fsp3) is 0.154. The monoisotopic (exact) mass is 328 g/mol. The van der Waals surface area contributed by atoms with Crippen LogP contribution in [-0.4, -0.2) is 21.8 Å². The molecule has 0 unspecified atom stereocenters. The van der Waals surface area contributed by atoms with E-state index in [0.29, 0.717) is 24.3 Å². The van der Waals surface area contributed by atoms with E-state index in [-0.39, 0.29) is 15.5 Å². The van der Waals surface area contributed by atoms with Crippen LogP contribution in [0.2, 0.25) is 5.02 Å². The second kappa shape index (κ2) is 6.30. The first-order chi connectivity index (χ1) is 9.97. The molecule has 0 saturated heterocycles. The van der Waals surface area contributed by atoms with Gasteiger partial charge in [0.1, 0.15) is 10.7 Å². The largest absolute Gasteiger partial charge is 0.467 e. The summed E-state index contributed by atoms with van der Waals surface area (Å²) in [4.78, 5) is 11.0. The molecular weight excluding hydrogens is 316 g/mol. The lowest BCUT2D eigenvalue weighted by atomic mass is 10.2. The zero-order valence-corrected chi connectivity index (χ0v) is 12.7. The van der Waals surface area contributed by atoms with Crippen LogP contribution < -0.4 is 10.0 Å². The molecule has 112 valence electrons. The summed E-state index contributed by atoms with van der Waals surface area (Å²) in [7, 11) is -2.45. The molecule has 1 aromatic carbocycles. The summed E-state index contributed by atoms with van der Waals surface area (Å²) in [5, 5.41) is 3.00. The normalized spacial score (nSPS) is 11.3. The fourth-order valence-corrected chi connectivity index (χ4v) is 3.02. The molecule has 1 heterocycles. The van der Waals surface area contributed by atoms with Crippen LogP contribution in [0.25, 0.3) is 0 Å². The van der Waals surface area contributed by atoms with Crippen molar-refractivity contribution in [3.05, 3.63) is 46.9 Å². The maximum atomic E-state index is 11.8. The van der Waals surface area contributed by atoms with E-state index in [1.165, 1.54) is 25.4 Å². The van der Waals surface area contributed by atoms with E-state index in [2.05, 4.69) is 10.0 Å². The Morgan fingerprint density at radius 3 is 2.71 bits per heavy atom. The van der Waals surface area contributed by atoms with Crippen LogP contribution in [0.5, 0.6) is 0 Å². The maximum absolute atomic E-state index is 11.8. The SMILES string of the molecule is CNS(=O)(=O)c1cc(C=O)c(NCc2ccco2)cc1Cl. The third-order valence-corrected chi connectivity index (χ3v) is 4.70. The minimum absolute atomic E-state index is 0.0249. The molecule has 0 aliphatic rings. The van der Waals surface area contributed by atoms with Gasteiger partial charge in [0.05, 0.1) is 17.8 Å². The van der Waals surface area contributed by atoms with Crippen LogP contribution in [0, 0.1) is 0 Å². The van der Waals surface area contributed by atoms with Crippen LogP contribution in [0.1, 0.15) is 16.1 Å². The molecule has 21 heavy (non-hydrogen) atoms. The minimum Gasteiger partial charge on any atom is -0.467 e. The lowest BCUT2D eigenvalue weighted by molar-refractivity contribution is 0.112. The number of anilines is 1. The van der Waals surface area contributed by atoms with Crippen molar-refractivity contribution >= 4 is 33.6 Å². The Kier molecular flexibility index (Phi) is 4.66. The topological polar surface area (TPSA) is 88.4 Å². The number of furan rings is 1. The molecule has 6 nitrogen and oxygen atoms in total. The zero-order chi connectivity index (χ0) is 15.5. The molecule has 0 saturated carbocycles. The van der Waals surface area contributed by atoms with Gasteiger partial charge in [-0.1, -0.05) is 11.6 Å². The first kappa shape index (κ1) is 15.6. The lowest BCUT2D eigenvalue weighted by Gasteiger charge is -2.11. The Balaban J connectivity index is 2.35. The van der Waals surface area contributed by atoms with Crippen molar-refractivity contribution in [1.82, 2.24) is 4.72 Å². The fourth-order valence-electron chi connectivity index (χ4n) is 1.73. The van der Waals surface area contributed by atoms with Gasteiger partial charge in [-0.05, 0) is 31.3 Å². The lowest BCUT2D eigenvalue weighted by Crippen LogP contribution is -2.19. The Labute approximate surface area is 127 Å². The average Bonchev–Trinajstić information content (AvgIpc) is 2.98. The molecule has 0 atom stereocenters. The highest BCUT2D eigenvalue weighted by molar-refractivity contribution is 7.89. The Hall–Kier alpha value is -1.83. The predicted octanol–water partition coefficient (Wildman–Crippen LogP) is 2.27. The summed E-state index contributed by atoms with van der Waals surface area (Å²) in [6.07, 6.45) is 2.10. The second-order valence-electron chi connectivity index (χ2n) is 4.13. The molecule has 0 aliphatic carbocycles. The van der Waals surface area contributed by atoms with Gasteiger partial charge in [-0.2, -0.15) is 0 Å². The van der Waals surface area contributed by atoms with Crippen molar-refractivity contribution in [2.24, 2.45) is 0 Å². The van der Waals surface area contributed by atoms with Crippen LogP contribution in [-0.2, 0) is 16.6 Å². The van der Waals surface area contributed by atoms with Crippen LogP contribution in [0.4, 0.5) is 5.69 Å². The summed E-state index contributed by atoms with van der Waals surface area (Å²) in [5.74, 6) is 0.676.